The second-order valence-electron chi connectivity index (χ2n) is 2.82. The summed E-state index contributed by atoms with van der Waals surface area (Å²) in [5.41, 5.74) is 2.09. The molecule has 72 valence electrons. The van der Waals surface area contributed by atoms with Crippen LogP contribution >= 0.6 is 11.3 Å². The Balaban J connectivity index is 2.28. The standard InChI is InChI=1S/C10H9NO2S/c1-2-7-3-4-9(13-7)10(12)8-5-14-6-11-8/h3-6H,2H2,1H3. The Hall–Kier alpha value is -1.42. The zero-order valence-electron chi connectivity index (χ0n) is 7.69. The number of aryl methyl sites for hydroxylation is 1. The third kappa shape index (κ3) is 1.61. The number of aromatic nitrogens is 1. The van der Waals surface area contributed by atoms with Gasteiger partial charge in [0.2, 0.25) is 5.78 Å². The Morgan fingerprint density at radius 3 is 3.00 bits per heavy atom. The number of carbonyl (C=O) groups excluding carboxylic acids is 1. The van der Waals surface area contributed by atoms with Crippen molar-refractivity contribution in [1.82, 2.24) is 4.98 Å². The van der Waals surface area contributed by atoms with Crippen molar-refractivity contribution in [2.45, 2.75) is 13.3 Å². The van der Waals surface area contributed by atoms with Gasteiger partial charge in [0.25, 0.3) is 0 Å². The van der Waals surface area contributed by atoms with Crippen molar-refractivity contribution < 1.29 is 9.21 Å². The minimum Gasteiger partial charge on any atom is -0.458 e. The molecule has 0 unspecified atom stereocenters. The molecule has 0 aromatic carbocycles. The van der Waals surface area contributed by atoms with Crippen molar-refractivity contribution >= 4 is 17.1 Å². The maximum Gasteiger partial charge on any atom is 0.247 e. The summed E-state index contributed by atoms with van der Waals surface area (Å²) in [5.74, 6) is 1.04. The Kier molecular flexibility index (Phi) is 2.45. The molecule has 2 rings (SSSR count). The van der Waals surface area contributed by atoms with Crippen LogP contribution in [0.15, 0.2) is 27.4 Å². The monoisotopic (exact) mass is 207 g/mol. The van der Waals surface area contributed by atoms with Gasteiger partial charge in [-0.25, -0.2) is 4.98 Å². The van der Waals surface area contributed by atoms with Gasteiger partial charge in [0, 0.05) is 11.8 Å². The minimum absolute atomic E-state index is 0.147. The number of rotatable bonds is 3. The molecular weight excluding hydrogens is 198 g/mol. The summed E-state index contributed by atoms with van der Waals surface area (Å²) < 4.78 is 5.33. The van der Waals surface area contributed by atoms with E-state index in [2.05, 4.69) is 4.98 Å². The van der Waals surface area contributed by atoms with E-state index in [4.69, 9.17) is 4.42 Å². The molecule has 0 saturated carbocycles. The van der Waals surface area contributed by atoms with E-state index in [1.165, 1.54) is 11.3 Å². The third-order valence-corrected chi connectivity index (χ3v) is 2.49. The minimum atomic E-state index is -0.147. The van der Waals surface area contributed by atoms with Crippen molar-refractivity contribution in [3.05, 3.63) is 40.2 Å². The van der Waals surface area contributed by atoms with Crippen molar-refractivity contribution in [3.63, 3.8) is 0 Å². The first-order valence-corrected chi connectivity index (χ1v) is 5.27. The van der Waals surface area contributed by atoms with E-state index >= 15 is 0 Å². The van der Waals surface area contributed by atoms with Gasteiger partial charge in [-0.05, 0) is 12.1 Å². The molecule has 0 fully saturated rings. The van der Waals surface area contributed by atoms with E-state index in [9.17, 15) is 4.79 Å². The average Bonchev–Trinajstić information content (AvgIpc) is 2.88. The van der Waals surface area contributed by atoms with E-state index < -0.39 is 0 Å². The number of ketones is 1. The normalized spacial score (nSPS) is 10.4. The molecule has 2 aromatic heterocycles. The quantitative estimate of drug-likeness (QED) is 0.726. The molecule has 0 N–H and O–H groups in total. The molecule has 2 aromatic rings. The summed E-state index contributed by atoms with van der Waals surface area (Å²) in [4.78, 5) is 15.6. The SMILES string of the molecule is CCc1ccc(C(=O)c2cscn2)o1. The predicted octanol–water partition coefficient (Wildman–Crippen LogP) is 2.53. The Labute approximate surface area is 85.4 Å². The molecule has 0 aliphatic carbocycles. The molecule has 0 saturated heterocycles. The summed E-state index contributed by atoms with van der Waals surface area (Å²) in [5, 5.41) is 1.72. The molecule has 0 spiro atoms. The van der Waals surface area contributed by atoms with E-state index in [-0.39, 0.29) is 5.78 Å². The molecule has 0 atom stereocenters. The summed E-state index contributed by atoms with van der Waals surface area (Å²) in [6, 6.07) is 3.51. The van der Waals surface area contributed by atoms with Crippen LogP contribution in [0, 0.1) is 0 Å². The zero-order valence-corrected chi connectivity index (χ0v) is 8.50. The Morgan fingerprint density at radius 2 is 2.43 bits per heavy atom. The van der Waals surface area contributed by atoms with Crippen molar-refractivity contribution in [2.24, 2.45) is 0 Å². The fourth-order valence-corrected chi connectivity index (χ4v) is 1.67. The highest BCUT2D eigenvalue weighted by Gasteiger charge is 2.14. The van der Waals surface area contributed by atoms with E-state index in [1.807, 2.05) is 13.0 Å². The maximum atomic E-state index is 11.7. The van der Waals surface area contributed by atoms with E-state index in [0.29, 0.717) is 11.5 Å². The van der Waals surface area contributed by atoms with Crippen LogP contribution in [0.25, 0.3) is 0 Å². The molecule has 3 nitrogen and oxygen atoms in total. The third-order valence-electron chi connectivity index (χ3n) is 1.90. The van der Waals surface area contributed by atoms with Crippen LogP contribution in [0.4, 0.5) is 0 Å². The van der Waals surface area contributed by atoms with Crippen LogP contribution in [-0.4, -0.2) is 10.8 Å². The molecule has 0 amide bonds. The molecule has 4 heteroatoms. The second kappa shape index (κ2) is 3.75. The topological polar surface area (TPSA) is 43.1 Å². The summed E-state index contributed by atoms with van der Waals surface area (Å²) >= 11 is 1.40. The van der Waals surface area contributed by atoms with Gasteiger partial charge in [0.15, 0.2) is 5.76 Å². The van der Waals surface area contributed by atoms with Gasteiger partial charge >= 0.3 is 0 Å². The number of hydrogen-bond acceptors (Lipinski definition) is 4. The van der Waals surface area contributed by atoms with Crippen LogP contribution in [0.3, 0.4) is 0 Å². The lowest BCUT2D eigenvalue weighted by molar-refractivity contribution is 0.100. The molecule has 0 aliphatic rings. The summed E-state index contributed by atoms with van der Waals surface area (Å²) in [6.45, 7) is 1.98. The van der Waals surface area contributed by atoms with Gasteiger partial charge < -0.3 is 4.42 Å². The van der Waals surface area contributed by atoms with Crippen molar-refractivity contribution in [2.75, 3.05) is 0 Å². The van der Waals surface area contributed by atoms with Gasteiger partial charge in [-0.3, -0.25) is 4.79 Å². The average molecular weight is 207 g/mol. The largest absolute Gasteiger partial charge is 0.458 e. The van der Waals surface area contributed by atoms with Crippen LogP contribution < -0.4 is 0 Å². The van der Waals surface area contributed by atoms with Gasteiger partial charge in [-0.15, -0.1) is 11.3 Å². The number of carbonyl (C=O) groups is 1. The molecule has 0 radical (unpaired) electrons. The van der Waals surface area contributed by atoms with E-state index in [0.717, 1.165) is 12.2 Å². The zero-order chi connectivity index (χ0) is 9.97. The molecule has 0 bridgehead atoms. The lowest BCUT2D eigenvalue weighted by Gasteiger charge is -1.91. The highest BCUT2D eigenvalue weighted by atomic mass is 32.1. The molecule has 0 aliphatic heterocycles. The number of thiazole rings is 1. The van der Waals surface area contributed by atoms with Crippen molar-refractivity contribution in [1.29, 1.82) is 0 Å². The van der Waals surface area contributed by atoms with Crippen LogP contribution in [0.5, 0.6) is 0 Å². The first-order chi connectivity index (χ1) is 6.81. The lowest BCUT2D eigenvalue weighted by atomic mass is 10.2. The highest BCUT2D eigenvalue weighted by Crippen LogP contribution is 2.13. The summed E-state index contributed by atoms with van der Waals surface area (Å²) in [7, 11) is 0. The number of hydrogen-bond donors (Lipinski definition) is 0. The molecule has 14 heavy (non-hydrogen) atoms. The summed E-state index contributed by atoms with van der Waals surface area (Å²) in [6.07, 6.45) is 0.796. The number of furan rings is 1. The Bertz CT molecular complexity index is 431. The highest BCUT2D eigenvalue weighted by molar-refractivity contribution is 7.07. The second-order valence-corrected chi connectivity index (χ2v) is 3.54. The molecular formula is C10H9NO2S. The fourth-order valence-electron chi connectivity index (χ4n) is 1.14. The van der Waals surface area contributed by atoms with Crippen molar-refractivity contribution in [3.8, 4) is 0 Å². The molecule has 2 heterocycles. The maximum absolute atomic E-state index is 11.7. The first-order valence-electron chi connectivity index (χ1n) is 4.33. The first kappa shape index (κ1) is 9.15. The van der Waals surface area contributed by atoms with Crippen LogP contribution in [0.1, 0.15) is 28.9 Å². The van der Waals surface area contributed by atoms with Gasteiger partial charge in [-0.1, -0.05) is 6.92 Å². The van der Waals surface area contributed by atoms with Crippen LogP contribution in [0.2, 0.25) is 0 Å². The predicted molar refractivity (Wildman–Crippen MR) is 53.6 cm³/mol. The fraction of sp³-hybridized carbons (Fsp3) is 0.200. The van der Waals surface area contributed by atoms with Gasteiger partial charge in [0.05, 0.1) is 5.51 Å². The Morgan fingerprint density at radius 1 is 1.57 bits per heavy atom. The number of nitrogens with zero attached hydrogens (tertiary/aromatic N) is 1. The van der Waals surface area contributed by atoms with E-state index in [1.54, 1.807) is 17.0 Å². The van der Waals surface area contributed by atoms with Crippen LogP contribution in [-0.2, 0) is 6.42 Å². The van der Waals surface area contributed by atoms with Gasteiger partial charge in [-0.2, -0.15) is 0 Å². The lowest BCUT2D eigenvalue weighted by Crippen LogP contribution is -1.99. The van der Waals surface area contributed by atoms with Gasteiger partial charge in [0.1, 0.15) is 11.5 Å². The smallest absolute Gasteiger partial charge is 0.247 e.